The Kier molecular flexibility index (Phi) is 2.17. The predicted molar refractivity (Wildman–Crippen MR) is 47.7 cm³/mol. The molecule has 0 radical (unpaired) electrons. The van der Waals surface area contributed by atoms with E-state index in [0.29, 0.717) is 5.54 Å². The molecule has 11 heavy (non-hydrogen) atoms. The third kappa shape index (κ3) is 1.96. The van der Waals surface area contributed by atoms with Crippen LogP contribution in [0.15, 0.2) is 0 Å². The van der Waals surface area contributed by atoms with Gasteiger partial charge in [0.15, 0.2) is 0 Å². The second kappa shape index (κ2) is 3.14. The van der Waals surface area contributed by atoms with Gasteiger partial charge in [0.2, 0.25) is 0 Å². The molecule has 2 aliphatic rings. The standard InChI is InChI=1S/C10H19N/c1-2-4-6-8-10(9-11-10)7-5-3-1/h11H,1-9H2. The Morgan fingerprint density at radius 2 is 1.18 bits per heavy atom. The first-order valence-electron chi connectivity index (χ1n) is 5.16. The summed E-state index contributed by atoms with van der Waals surface area (Å²) in [6.45, 7) is 1.31. The fourth-order valence-electron chi connectivity index (χ4n) is 2.24. The summed E-state index contributed by atoms with van der Waals surface area (Å²) in [5.74, 6) is 0. The average molecular weight is 153 g/mol. The summed E-state index contributed by atoms with van der Waals surface area (Å²) in [5.41, 5.74) is 0.643. The van der Waals surface area contributed by atoms with Gasteiger partial charge in [-0.25, -0.2) is 0 Å². The van der Waals surface area contributed by atoms with Crippen LogP contribution in [0.1, 0.15) is 51.4 Å². The van der Waals surface area contributed by atoms with Crippen molar-refractivity contribution in [1.29, 1.82) is 0 Å². The quantitative estimate of drug-likeness (QED) is 0.530. The lowest BCUT2D eigenvalue weighted by Crippen LogP contribution is -2.14. The Bertz CT molecular complexity index is 115. The van der Waals surface area contributed by atoms with Crippen molar-refractivity contribution in [2.75, 3.05) is 6.54 Å². The molecule has 1 spiro atoms. The van der Waals surface area contributed by atoms with Gasteiger partial charge < -0.3 is 5.32 Å². The first-order chi connectivity index (χ1) is 5.41. The van der Waals surface area contributed by atoms with Crippen molar-refractivity contribution in [2.45, 2.75) is 56.9 Å². The fraction of sp³-hybridized carbons (Fsp3) is 1.00. The largest absolute Gasteiger partial charge is 0.308 e. The molecule has 1 heteroatoms. The van der Waals surface area contributed by atoms with Crippen molar-refractivity contribution in [1.82, 2.24) is 5.32 Å². The second-order valence-corrected chi connectivity index (χ2v) is 4.26. The molecule has 2 rings (SSSR count). The Morgan fingerprint density at radius 3 is 1.64 bits per heavy atom. The van der Waals surface area contributed by atoms with Gasteiger partial charge in [-0.1, -0.05) is 38.5 Å². The minimum absolute atomic E-state index is 0.643. The molecule has 0 unspecified atom stereocenters. The molecule has 1 nitrogen and oxygen atoms in total. The van der Waals surface area contributed by atoms with Crippen LogP contribution in [0, 0.1) is 0 Å². The lowest BCUT2D eigenvalue weighted by Gasteiger charge is -2.10. The minimum Gasteiger partial charge on any atom is -0.308 e. The van der Waals surface area contributed by atoms with Gasteiger partial charge in [0.25, 0.3) is 0 Å². The highest BCUT2D eigenvalue weighted by atomic mass is 15.2. The molecule has 1 aliphatic heterocycles. The van der Waals surface area contributed by atoms with Gasteiger partial charge in [0.1, 0.15) is 0 Å². The van der Waals surface area contributed by atoms with Gasteiger partial charge in [0.05, 0.1) is 0 Å². The highest BCUT2D eigenvalue weighted by molar-refractivity contribution is 5.03. The van der Waals surface area contributed by atoms with Crippen molar-refractivity contribution in [2.24, 2.45) is 0 Å². The van der Waals surface area contributed by atoms with Crippen LogP contribution in [0.3, 0.4) is 0 Å². The van der Waals surface area contributed by atoms with Crippen molar-refractivity contribution in [3.8, 4) is 0 Å². The predicted octanol–water partition coefficient (Wildman–Crippen LogP) is 2.46. The molecular formula is C10H19N. The van der Waals surface area contributed by atoms with Gasteiger partial charge in [-0.2, -0.15) is 0 Å². The normalized spacial score (nSPS) is 30.5. The third-order valence-corrected chi connectivity index (χ3v) is 3.24. The van der Waals surface area contributed by atoms with Crippen LogP contribution >= 0.6 is 0 Å². The summed E-state index contributed by atoms with van der Waals surface area (Å²) in [7, 11) is 0. The van der Waals surface area contributed by atoms with E-state index in [1.165, 1.54) is 57.9 Å². The van der Waals surface area contributed by atoms with Gasteiger partial charge in [0, 0.05) is 12.1 Å². The molecule has 0 amide bonds. The molecule has 0 atom stereocenters. The van der Waals surface area contributed by atoms with E-state index < -0.39 is 0 Å². The molecule has 1 saturated heterocycles. The van der Waals surface area contributed by atoms with Crippen LogP contribution in [0.5, 0.6) is 0 Å². The minimum atomic E-state index is 0.643. The van der Waals surface area contributed by atoms with Crippen LogP contribution in [0.2, 0.25) is 0 Å². The smallest absolute Gasteiger partial charge is 0.0307 e. The van der Waals surface area contributed by atoms with Crippen molar-refractivity contribution in [3.63, 3.8) is 0 Å². The van der Waals surface area contributed by atoms with Crippen LogP contribution in [-0.4, -0.2) is 12.1 Å². The summed E-state index contributed by atoms with van der Waals surface area (Å²) in [4.78, 5) is 0. The zero-order chi connectivity index (χ0) is 7.57. The van der Waals surface area contributed by atoms with Crippen LogP contribution in [0.25, 0.3) is 0 Å². The van der Waals surface area contributed by atoms with Gasteiger partial charge >= 0.3 is 0 Å². The molecule has 2 fully saturated rings. The number of nitrogens with one attached hydrogen (secondary N) is 1. The molecule has 0 bridgehead atoms. The number of rotatable bonds is 0. The van der Waals surface area contributed by atoms with Crippen LogP contribution in [0.4, 0.5) is 0 Å². The highest BCUT2D eigenvalue weighted by Gasteiger charge is 2.40. The topological polar surface area (TPSA) is 21.9 Å². The Hall–Kier alpha value is -0.0400. The van der Waals surface area contributed by atoms with Crippen molar-refractivity contribution >= 4 is 0 Å². The molecule has 1 saturated carbocycles. The number of hydrogen-bond acceptors (Lipinski definition) is 1. The van der Waals surface area contributed by atoms with Gasteiger partial charge in [-0.15, -0.1) is 0 Å². The SMILES string of the molecule is C1CCCCC2(CCC1)CN2. The monoisotopic (exact) mass is 153 g/mol. The van der Waals surface area contributed by atoms with Gasteiger partial charge in [-0.05, 0) is 12.8 Å². The third-order valence-electron chi connectivity index (χ3n) is 3.24. The molecule has 1 aliphatic carbocycles. The van der Waals surface area contributed by atoms with E-state index in [9.17, 15) is 0 Å². The average Bonchev–Trinajstić information content (AvgIpc) is 2.70. The van der Waals surface area contributed by atoms with E-state index in [4.69, 9.17) is 0 Å². The summed E-state index contributed by atoms with van der Waals surface area (Å²) in [5, 5.41) is 3.55. The maximum absolute atomic E-state index is 3.55. The van der Waals surface area contributed by atoms with Crippen LogP contribution in [-0.2, 0) is 0 Å². The van der Waals surface area contributed by atoms with Gasteiger partial charge in [-0.3, -0.25) is 0 Å². The summed E-state index contributed by atoms with van der Waals surface area (Å²) in [6.07, 6.45) is 11.7. The first kappa shape index (κ1) is 7.60. The Balaban J connectivity index is 1.82. The maximum Gasteiger partial charge on any atom is 0.0307 e. The molecule has 64 valence electrons. The summed E-state index contributed by atoms with van der Waals surface area (Å²) >= 11 is 0. The van der Waals surface area contributed by atoms with E-state index >= 15 is 0 Å². The zero-order valence-corrected chi connectivity index (χ0v) is 7.36. The lowest BCUT2D eigenvalue weighted by atomic mass is 9.97. The number of hydrogen-bond donors (Lipinski definition) is 1. The first-order valence-corrected chi connectivity index (χ1v) is 5.16. The van der Waals surface area contributed by atoms with E-state index in [1.54, 1.807) is 0 Å². The second-order valence-electron chi connectivity index (χ2n) is 4.26. The van der Waals surface area contributed by atoms with E-state index in [0.717, 1.165) is 0 Å². The fourth-order valence-corrected chi connectivity index (χ4v) is 2.24. The van der Waals surface area contributed by atoms with E-state index in [1.807, 2.05) is 0 Å². The highest BCUT2D eigenvalue weighted by Crippen LogP contribution is 2.32. The zero-order valence-electron chi connectivity index (χ0n) is 7.36. The maximum atomic E-state index is 3.55. The Morgan fingerprint density at radius 1 is 0.727 bits per heavy atom. The molecule has 1 N–H and O–H groups in total. The molecular weight excluding hydrogens is 134 g/mol. The van der Waals surface area contributed by atoms with Crippen molar-refractivity contribution in [3.05, 3.63) is 0 Å². The Labute approximate surface area is 69.6 Å². The summed E-state index contributed by atoms with van der Waals surface area (Å²) < 4.78 is 0. The van der Waals surface area contributed by atoms with Crippen LogP contribution < -0.4 is 5.32 Å². The van der Waals surface area contributed by atoms with E-state index in [2.05, 4.69) is 5.32 Å². The van der Waals surface area contributed by atoms with E-state index in [-0.39, 0.29) is 0 Å². The molecule has 0 aromatic heterocycles. The lowest BCUT2D eigenvalue weighted by molar-refractivity contribution is 0.497. The molecule has 0 aromatic rings. The molecule has 1 heterocycles. The molecule has 0 aromatic carbocycles. The summed E-state index contributed by atoms with van der Waals surface area (Å²) in [6, 6.07) is 0. The van der Waals surface area contributed by atoms with Crippen molar-refractivity contribution < 1.29 is 0 Å².